The van der Waals surface area contributed by atoms with Crippen LogP contribution in [0.4, 0.5) is 0 Å². The van der Waals surface area contributed by atoms with E-state index in [0.29, 0.717) is 28.8 Å². The van der Waals surface area contributed by atoms with E-state index in [2.05, 4.69) is 184 Å². The van der Waals surface area contributed by atoms with Gasteiger partial charge in [-0.1, -0.05) is 48.5 Å². The molecule has 0 spiro atoms. The molecule has 0 radical (unpaired) electrons. The summed E-state index contributed by atoms with van der Waals surface area (Å²) >= 11 is 2.57. The number of aryl methyl sites for hydroxylation is 1. The van der Waals surface area contributed by atoms with Gasteiger partial charge in [0, 0.05) is 15.9 Å². The fourth-order valence-corrected chi connectivity index (χ4v) is 11.7. The summed E-state index contributed by atoms with van der Waals surface area (Å²) in [6.07, 6.45) is 3.63. The summed E-state index contributed by atoms with van der Waals surface area (Å²) in [7, 11) is 0. The summed E-state index contributed by atoms with van der Waals surface area (Å²) in [5.41, 5.74) is 14.9. The van der Waals surface area contributed by atoms with Gasteiger partial charge < -0.3 is 0 Å². The third-order valence-electron chi connectivity index (χ3n) is 14.1. The Kier molecular flexibility index (Phi) is 10.2. The monoisotopic (exact) mass is 1090 g/mol. The molecule has 0 saturated heterocycles. The van der Waals surface area contributed by atoms with Crippen molar-refractivity contribution in [2.75, 3.05) is 0 Å². The SMILES string of the molecule is [2H]C([2H])([2H])c1cc(-n2c3[c-]c(Oc4[c-]c5c(cc4)C(C)CCC5n4[c](=[Pt])n(-c5c(-c6ccccc6)cc(C(C)(C)C)cc5-c5ccccc5)c5ccccc54)ccc3c3ccccc32)ncc1-c1ccccc1. The van der Waals surface area contributed by atoms with Crippen LogP contribution in [0.3, 0.4) is 0 Å². The zero-order valence-corrected chi connectivity index (χ0v) is 41.8. The van der Waals surface area contributed by atoms with Crippen molar-refractivity contribution in [3.8, 4) is 56.4 Å². The fraction of sp³-hybridized carbons (Fsp3) is 0.156. The molecular weight excluding hydrogens is 1040 g/mol. The number of rotatable bonds is 8. The van der Waals surface area contributed by atoms with E-state index >= 15 is 0 Å². The van der Waals surface area contributed by atoms with Crippen LogP contribution in [-0.2, 0) is 24.8 Å². The van der Waals surface area contributed by atoms with Crippen molar-refractivity contribution in [1.82, 2.24) is 18.7 Å². The first-order valence-corrected chi connectivity index (χ1v) is 25.2. The number of nitrogens with zero attached hydrogens (tertiary/aromatic N) is 4. The van der Waals surface area contributed by atoms with Crippen molar-refractivity contribution in [2.45, 2.75) is 64.8 Å². The molecule has 6 heteroatoms. The first-order valence-electron chi connectivity index (χ1n) is 25.5. The first-order chi connectivity index (χ1) is 35.3. The molecule has 346 valence electrons. The molecule has 3 heterocycles. The molecule has 0 saturated carbocycles. The molecule has 0 bridgehead atoms. The number of benzene rings is 8. The zero-order valence-electron chi connectivity index (χ0n) is 42.5. The van der Waals surface area contributed by atoms with Crippen LogP contribution in [0, 0.1) is 22.8 Å². The van der Waals surface area contributed by atoms with Gasteiger partial charge in [0.15, 0.2) is 0 Å². The first kappa shape index (κ1) is 40.5. The predicted molar refractivity (Wildman–Crippen MR) is 283 cm³/mol. The van der Waals surface area contributed by atoms with Crippen LogP contribution in [0.2, 0.25) is 0 Å². The van der Waals surface area contributed by atoms with Crippen LogP contribution in [0.15, 0.2) is 188 Å². The molecule has 2 atom stereocenters. The summed E-state index contributed by atoms with van der Waals surface area (Å²) < 4.78 is 40.7. The van der Waals surface area contributed by atoms with E-state index in [1.54, 1.807) is 12.3 Å². The van der Waals surface area contributed by atoms with Crippen molar-refractivity contribution in [3.63, 3.8) is 0 Å². The van der Waals surface area contributed by atoms with Gasteiger partial charge in [-0.3, -0.25) is 0 Å². The normalized spacial score (nSPS) is 15.7. The Balaban J connectivity index is 0.994. The minimum atomic E-state index is -2.38. The minimum absolute atomic E-state index is 0.0334. The number of para-hydroxylation sites is 3. The third-order valence-corrected chi connectivity index (χ3v) is 15.2. The van der Waals surface area contributed by atoms with E-state index < -0.39 is 6.85 Å². The van der Waals surface area contributed by atoms with Gasteiger partial charge in [0.1, 0.15) is 0 Å². The second-order valence-electron chi connectivity index (χ2n) is 19.5. The number of fused-ring (bicyclic) bond motifs is 5. The van der Waals surface area contributed by atoms with Crippen LogP contribution in [0.1, 0.15) is 78.9 Å². The Morgan fingerprint density at radius 3 is 1.86 bits per heavy atom. The van der Waals surface area contributed by atoms with Gasteiger partial charge in [-0.15, -0.1) is 0 Å². The van der Waals surface area contributed by atoms with Crippen molar-refractivity contribution < 1.29 is 28.2 Å². The molecule has 70 heavy (non-hydrogen) atoms. The van der Waals surface area contributed by atoms with Crippen molar-refractivity contribution in [2.24, 2.45) is 0 Å². The van der Waals surface area contributed by atoms with E-state index in [1.165, 1.54) is 33.4 Å². The topological polar surface area (TPSA) is 36.9 Å². The number of pyridine rings is 1. The van der Waals surface area contributed by atoms with Crippen molar-refractivity contribution >= 4 is 32.8 Å². The molecule has 3 aromatic heterocycles. The van der Waals surface area contributed by atoms with Crippen LogP contribution in [-0.4, -0.2) is 18.7 Å². The average molecular weight is 1090 g/mol. The quantitative estimate of drug-likeness (QED) is 0.142. The maximum atomic E-state index is 8.58. The Morgan fingerprint density at radius 1 is 0.614 bits per heavy atom. The number of hydrogen-bond donors (Lipinski definition) is 0. The Labute approximate surface area is 424 Å². The summed E-state index contributed by atoms with van der Waals surface area (Å²) in [6, 6.07) is 70.3. The van der Waals surface area contributed by atoms with E-state index in [1.807, 2.05) is 65.2 Å². The van der Waals surface area contributed by atoms with Crippen LogP contribution in [0.5, 0.6) is 11.5 Å². The number of ether oxygens (including phenoxy) is 1. The number of aromatic nitrogens is 4. The van der Waals surface area contributed by atoms with Crippen LogP contribution < -0.4 is 4.74 Å². The third kappa shape index (κ3) is 7.59. The fourth-order valence-electron chi connectivity index (χ4n) is 10.6. The molecule has 0 N–H and O–H groups in total. The molecule has 0 aliphatic heterocycles. The van der Waals surface area contributed by atoms with E-state index in [4.69, 9.17) is 13.8 Å². The van der Waals surface area contributed by atoms with Crippen molar-refractivity contribution in [1.29, 1.82) is 0 Å². The van der Waals surface area contributed by atoms with Gasteiger partial charge in [0.25, 0.3) is 0 Å². The molecule has 1 aliphatic carbocycles. The molecular formula is C64H52N4OPt-2. The number of imidazole rings is 1. The molecule has 1 aliphatic rings. The maximum absolute atomic E-state index is 8.58. The smallest absolute Gasteiger partial charge is 0.238 e. The molecule has 5 nitrogen and oxygen atoms in total. The minimum Gasteiger partial charge on any atom is -0.238 e. The summed E-state index contributed by atoms with van der Waals surface area (Å²) in [5, 5.41) is 1.96. The van der Waals surface area contributed by atoms with Gasteiger partial charge in [-0.25, -0.2) is 4.98 Å². The summed E-state index contributed by atoms with van der Waals surface area (Å²) in [4.78, 5) is 4.92. The van der Waals surface area contributed by atoms with Gasteiger partial charge in [0.05, 0.1) is 0 Å². The van der Waals surface area contributed by atoms with Gasteiger partial charge in [-0.05, 0) is 30.1 Å². The van der Waals surface area contributed by atoms with E-state index in [0.717, 1.165) is 66.3 Å². The van der Waals surface area contributed by atoms with E-state index in [-0.39, 0.29) is 17.0 Å². The number of hydrogen-bond acceptors (Lipinski definition) is 2. The summed E-state index contributed by atoms with van der Waals surface area (Å²) in [5.74, 6) is 1.94. The standard InChI is InChI=1S/C64H52N4O.Pt/c1-42-29-34-57(66-41-67(60-28-18-17-27-59(60)66)63-53(44-19-9-6-10-20-44)36-47(64(3,4)5)37-54(63)45-21-11-7-12-22-45)55-38-48(30-32-50(42)55)69-49-31-33-52-51-25-15-16-26-58(51)68(61(52)39-49)62-35-43(2)56(40-65-62)46-23-13-8-14-24-46;/h6-28,30-33,35-37,40,42,57H,29,34H2,1-5H3;/q-2;/i2D3;. The summed E-state index contributed by atoms with van der Waals surface area (Å²) in [6.45, 7) is 6.82. The van der Waals surface area contributed by atoms with Gasteiger partial charge >= 0.3 is 328 Å². The Bertz CT molecular complexity index is 3900. The van der Waals surface area contributed by atoms with Crippen molar-refractivity contribution in [3.05, 3.63) is 226 Å². The Morgan fingerprint density at radius 2 is 1.20 bits per heavy atom. The predicted octanol–water partition coefficient (Wildman–Crippen LogP) is 16.5. The second-order valence-corrected chi connectivity index (χ2v) is 20.5. The molecule has 2 unspecified atom stereocenters. The molecule has 11 aromatic rings. The second kappa shape index (κ2) is 17.6. The molecule has 0 fully saturated rings. The zero-order chi connectivity index (χ0) is 50.2. The van der Waals surface area contributed by atoms with Gasteiger partial charge in [-0.2, -0.15) is 0 Å². The molecule has 0 amide bonds. The van der Waals surface area contributed by atoms with E-state index in [9.17, 15) is 0 Å². The Hall–Kier alpha value is -7.33. The average Bonchev–Trinajstić information content (AvgIpc) is 3.89. The molecule has 8 aromatic carbocycles. The van der Waals surface area contributed by atoms with Gasteiger partial charge in [0.2, 0.25) is 0 Å². The van der Waals surface area contributed by atoms with Crippen LogP contribution in [0.25, 0.3) is 77.7 Å². The molecule has 12 rings (SSSR count). The van der Waals surface area contributed by atoms with Crippen LogP contribution >= 0.6 is 0 Å².